The van der Waals surface area contributed by atoms with E-state index in [2.05, 4.69) is 52.8 Å². The van der Waals surface area contributed by atoms with Crippen LogP contribution in [0.5, 0.6) is 0 Å². The predicted octanol–water partition coefficient (Wildman–Crippen LogP) is 2.72. The summed E-state index contributed by atoms with van der Waals surface area (Å²) in [5.74, 6) is 0. The molecular weight excluding hydrogens is 608 g/mol. The van der Waals surface area contributed by atoms with E-state index < -0.39 is 74.6 Å². The lowest BCUT2D eigenvalue weighted by atomic mass is 9.72. The van der Waals surface area contributed by atoms with Crippen LogP contribution >= 0.6 is 0 Å². The molecule has 0 aromatic heterocycles. The lowest BCUT2D eigenvalue weighted by Gasteiger charge is -2.45. The minimum atomic E-state index is -1.73. The zero-order chi connectivity index (χ0) is 35.1. The van der Waals surface area contributed by atoms with Crippen molar-refractivity contribution >= 4 is 0 Å². The zero-order valence-corrected chi connectivity index (χ0v) is 29.0. The summed E-state index contributed by atoms with van der Waals surface area (Å²) in [6.07, 6.45) is -0.741. The molecule has 0 radical (unpaired) electrons. The molecule has 0 unspecified atom stereocenters. The van der Waals surface area contributed by atoms with E-state index in [0.717, 1.165) is 24.0 Å². The first-order valence-corrected chi connectivity index (χ1v) is 16.7. The third kappa shape index (κ3) is 10.1. The van der Waals surface area contributed by atoms with Crippen molar-refractivity contribution in [2.45, 2.75) is 142 Å². The highest BCUT2D eigenvalue weighted by molar-refractivity contribution is 5.40. The summed E-state index contributed by atoms with van der Waals surface area (Å²) < 4.78 is 22.3. The summed E-state index contributed by atoms with van der Waals surface area (Å²) in [6, 6.07) is 0. The van der Waals surface area contributed by atoms with Crippen molar-refractivity contribution in [2.75, 3.05) is 19.8 Å². The quantitative estimate of drug-likeness (QED) is 0.114. The fourth-order valence-electron chi connectivity index (χ4n) is 6.34. The molecule has 0 spiro atoms. The molecule has 0 aromatic carbocycles. The van der Waals surface area contributed by atoms with Crippen LogP contribution < -0.4 is 0 Å². The third-order valence-electron chi connectivity index (χ3n) is 9.83. The summed E-state index contributed by atoms with van der Waals surface area (Å²) in [5.41, 5.74) is 7.84. The van der Waals surface area contributed by atoms with Crippen molar-refractivity contribution in [3.63, 3.8) is 0 Å². The number of allylic oxidation sites excluding steroid dienone is 9. The lowest BCUT2D eigenvalue weighted by Crippen LogP contribution is -2.64. The molecule has 0 amide bonds. The van der Waals surface area contributed by atoms with Crippen LogP contribution in [0.4, 0.5) is 0 Å². The number of rotatable bonds is 13. The van der Waals surface area contributed by atoms with Crippen LogP contribution in [-0.2, 0) is 18.9 Å². The van der Waals surface area contributed by atoms with Gasteiger partial charge in [-0.15, -0.1) is 0 Å². The largest absolute Gasteiger partial charge is 0.394 e. The van der Waals surface area contributed by atoms with Gasteiger partial charge in [0.05, 0.1) is 19.8 Å². The van der Waals surface area contributed by atoms with E-state index >= 15 is 0 Å². The molecule has 11 heteroatoms. The zero-order valence-electron chi connectivity index (χ0n) is 29.0. The average molecular weight is 667 g/mol. The SMILES string of the molecule is CC1=C(/C=C(C)/C(C)=C/CC/C=C(C)/C(C)=C/CO[C@H]2O[C@H](CO)[C@@H](O[C@@H]3O[C@H](CO)[C@@H](O)[C@H](O)[C@H]3O)[C@H](O)[C@H]2O)C(C)(C)CCC1. The molecule has 0 bridgehead atoms. The molecule has 47 heavy (non-hydrogen) atoms. The van der Waals surface area contributed by atoms with Crippen molar-refractivity contribution in [1.29, 1.82) is 0 Å². The molecule has 0 aromatic rings. The van der Waals surface area contributed by atoms with Crippen LogP contribution in [0, 0.1) is 5.41 Å². The van der Waals surface area contributed by atoms with Crippen molar-refractivity contribution in [1.82, 2.24) is 0 Å². The Labute approximate surface area is 279 Å². The van der Waals surface area contributed by atoms with Crippen LogP contribution in [0.3, 0.4) is 0 Å². The first-order chi connectivity index (χ1) is 22.1. The molecule has 3 aliphatic rings. The maximum absolute atomic E-state index is 10.8. The molecule has 11 nitrogen and oxygen atoms in total. The van der Waals surface area contributed by atoms with Gasteiger partial charge in [-0.1, -0.05) is 60.4 Å². The van der Waals surface area contributed by atoms with Gasteiger partial charge in [-0.3, -0.25) is 0 Å². The number of aliphatic hydroxyl groups is 7. The van der Waals surface area contributed by atoms with Gasteiger partial charge in [-0.25, -0.2) is 0 Å². The normalized spacial score (nSPS) is 36.2. The van der Waals surface area contributed by atoms with Crippen LogP contribution in [-0.4, -0.2) is 117 Å². The van der Waals surface area contributed by atoms with E-state index in [-0.39, 0.29) is 12.0 Å². The van der Waals surface area contributed by atoms with E-state index in [4.69, 9.17) is 18.9 Å². The fourth-order valence-corrected chi connectivity index (χ4v) is 6.34. The topological polar surface area (TPSA) is 179 Å². The second-order valence-electron chi connectivity index (χ2n) is 13.8. The van der Waals surface area contributed by atoms with Gasteiger partial charge in [0.1, 0.15) is 48.8 Å². The first kappa shape index (κ1) is 39.7. The van der Waals surface area contributed by atoms with E-state index in [1.165, 1.54) is 41.6 Å². The summed E-state index contributed by atoms with van der Waals surface area (Å²) >= 11 is 0. The number of hydrogen-bond acceptors (Lipinski definition) is 11. The van der Waals surface area contributed by atoms with Gasteiger partial charge in [-0.05, 0) is 83.3 Å². The maximum atomic E-state index is 10.8. The molecule has 2 aliphatic heterocycles. The molecule has 268 valence electrons. The smallest absolute Gasteiger partial charge is 0.187 e. The molecule has 2 heterocycles. The Balaban J connectivity index is 1.52. The number of hydrogen-bond donors (Lipinski definition) is 7. The highest BCUT2D eigenvalue weighted by atomic mass is 16.7. The number of unbranched alkanes of at least 4 members (excludes halogenated alkanes) is 1. The monoisotopic (exact) mass is 666 g/mol. The molecule has 10 atom stereocenters. The summed E-state index contributed by atoms with van der Waals surface area (Å²) in [5, 5.41) is 71.1. The Bertz CT molecular complexity index is 1180. The first-order valence-electron chi connectivity index (χ1n) is 16.7. The van der Waals surface area contributed by atoms with Gasteiger partial charge >= 0.3 is 0 Å². The lowest BCUT2D eigenvalue weighted by molar-refractivity contribution is -0.358. The summed E-state index contributed by atoms with van der Waals surface area (Å²) in [6.45, 7) is 14.0. The molecule has 3 rings (SSSR count). The average Bonchev–Trinajstić information content (AvgIpc) is 3.03. The number of ether oxygens (including phenoxy) is 4. The highest BCUT2D eigenvalue weighted by Crippen LogP contribution is 2.41. The Hall–Kier alpha value is -1.74. The molecule has 0 saturated carbocycles. The van der Waals surface area contributed by atoms with Crippen LogP contribution in [0.25, 0.3) is 0 Å². The maximum Gasteiger partial charge on any atom is 0.187 e. The number of aliphatic hydroxyl groups excluding tert-OH is 7. The second-order valence-corrected chi connectivity index (χ2v) is 13.8. The minimum Gasteiger partial charge on any atom is -0.394 e. The molecule has 1 aliphatic carbocycles. The van der Waals surface area contributed by atoms with Gasteiger partial charge in [0, 0.05) is 0 Å². The van der Waals surface area contributed by atoms with Crippen LogP contribution in [0.15, 0.2) is 57.7 Å². The molecule has 2 fully saturated rings. The third-order valence-corrected chi connectivity index (χ3v) is 9.83. The van der Waals surface area contributed by atoms with Crippen LogP contribution in [0.2, 0.25) is 0 Å². The van der Waals surface area contributed by atoms with Gasteiger partial charge in [0.2, 0.25) is 0 Å². The van der Waals surface area contributed by atoms with Crippen molar-refractivity contribution < 1.29 is 54.7 Å². The van der Waals surface area contributed by atoms with Crippen molar-refractivity contribution in [2.24, 2.45) is 5.41 Å². The van der Waals surface area contributed by atoms with E-state index in [9.17, 15) is 35.7 Å². The summed E-state index contributed by atoms with van der Waals surface area (Å²) in [4.78, 5) is 0. The van der Waals surface area contributed by atoms with Crippen LogP contribution in [0.1, 0.15) is 80.6 Å². The Morgan fingerprint density at radius 1 is 0.745 bits per heavy atom. The Morgan fingerprint density at radius 2 is 1.30 bits per heavy atom. The molecule has 7 N–H and O–H groups in total. The minimum absolute atomic E-state index is 0.0659. The van der Waals surface area contributed by atoms with Gasteiger partial charge < -0.3 is 54.7 Å². The molecular formula is C36H58O11. The van der Waals surface area contributed by atoms with Gasteiger partial charge in [0.15, 0.2) is 12.6 Å². The Morgan fingerprint density at radius 3 is 1.89 bits per heavy atom. The van der Waals surface area contributed by atoms with Gasteiger partial charge in [0.25, 0.3) is 0 Å². The van der Waals surface area contributed by atoms with E-state index in [0.29, 0.717) is 0 Å². The fraction of sp³-hybridized carbons (Fsp3) is 0.722. The second kappa shape index (κ2) is 17.8. The van der Waals surface area contributed by atoms with E-state index in [1.807, 2.05) is 19.9 Å². The van der Waals surface area contributed by atoms with Crippen molar-refractivity contribution in [3.05, 3.63) is 57.7 Å². The van der Waals surface area contributed by atoms with Crippen molar-refractivity contribution in [3.8, 4) is 0 Å². The highest BCUT2D eigenvalue weighted by Gasteiger charge is 2.50. The Kier molecular flexibility index (Phi) is 15.0. The summed E-state index contributed by atoms with van der Waals surface area (Å²) in [7, 11) is 0. The van der Waals surface area contributed by atoms with E-state index in [1.54, 1.807) is 0 Å². The predicted molar refractivity (Wildman–Crippen MR) is 177 cm³/mol. The van der Waals surface area contributed by atoms with Gasteiger partial charge in [-0.2, -0.15) is 0 Å². The standard InChI is InChI=1S/C36H58O11/c1-20(11-8-9-12-21(2)24(5)17-25-23(4)13-10-15-36(25,6)7)22(3)14-16-44-34-32(43)30(41)33(27(19-38)46-34)47-35-31(42)29(40)28(39)26(18-37)45-35/h11-12,14,17,26-35,37-43H,8-10,13,15-16,18-19H2,1-7H3/b20-11+,21-12+,22-14+,24-17+/t26-,27-,28-,29+,30-,31-,32-,33-,34+,35+/m1/s1. The molecule has 2 saturated heterocycles.